The van der Waals surface area contributed by atoms with Gasteiger partial charge in [0.05, 0.1) is 11.4 Å². The molecule has 0 fully saturated rings. The molecule has 2 heterocycles. The second-order valence-electron chi connectivity index (χ2n) is 4.36. The lowest BCUT2D eigenvalue weighted by atomic mass is 10.2. The molecule has 0 bridgehead atoms. The minimum Gasteiger partial charge on any atom is -0.424 e. The Morgan fingerprint density at radius 2 is 2.10 bits per heavy atom. The number of aromatic nitrogens is 3. The highest BCUT2D eigenvalue weighted by Crippen LogP contribution is 2.23. The van der Waals surface area contributed by atoms with Gasteiger partial charge < -0.3 is 4.74 Å². The highest BCUT2D eigenvalue weighted by atomic mass is 35.5. The Labute approximate surface area is 121 Å². The van der Waals surface area contributed by atoms with Gasteiger partial charge in [0.25, 0.3) is 0 Å². The summed E-state index contributed by atoms with van der Waals surface area (Å²) in [5, 5.41) is 1.06. The van der Waals surface area contributed by atoms with Crippen molar-refractivity contribution in [3.63, 3.8) is 0 Å². The molecule has 1 aromatic carbocycles. The summed E-state index contributed by atoms with van der Waals surface area (Å²) in [6.07, 6.45) is 3.44. The van der Waals surface area contributed by atoms with Gasteiger partial charge >= 0.3 is 6.01 Å². The Kier molecular flexibility index (Phi) is 3.48. The maximum absolute atomic E-state index is 5.78. The first-order chi connectivity index (χ1) is 9.76. The van der Waals surface area contributed by atoms with Gasteiger partial charge in [0.2, 0.25) is 0 Å². The van der Waals surface area contributed by atoms with Crippen LogP contribution >= 0.6 is 11.6 Å². The number of rotatable bonds is 3. The molecule has 0 aliphatic carbocycles. The second-order valence-corrected chi connectivity index (χ2v) is 4.62. The molecule has 0 aliphatic heterocycles. The molecule has 3 aromatic rings. The number of ether oxygens (including phenoxy) is 1. The molecule has 0 radical (unpaired) electrons. The van der Waals surface area contributed by atoms with Crippen molar-refractivity contribution < 1.29 is 4.74 Å². The van der Waals surface area contributed by atoms with E-state index in [0.29, 0.717) is 17.6 Å². The average Bonchev–Trinajstić information content (AvgIpc) is 2.47. The van der Waals surface area contributed by atoms with Crippen molar-refractivity contribution in [2.45, 2.75) is 12.8 Å². The molecule has 0 amide bonds. The van der Waals surface area contributed by atoms with Gasteiger partial charge in [-0.3, -0.25) is 4.98 Å². The summed E-state index contributed by atoms with van der Waals surface area (Å²) in [6.45, 7) is 1.88. The number of halogens is 1. The fourth-order valence-corrected chi connectivity index (χ4v) is 2.13. The van der Waals surface area contributed by atoms with Crippen LogP contribution in [-0.4, -0.2) is 15.0 Å². The van der Waals surface area contributed by atoms with Crippen molar-refractivity contribution >= 4 is 22.5 Å². The number of alkyl halides is 1. The van der Waals surface area contributed by atoms with Gasteiger partial charge in [-0.2, -0.15) is 4.98 Å². The predicted molar refractivity (Wildman–Crippen MR) is 78.1 cm³/mol. The third kappa shape index (κ3) is 2.56. The van der Waals surface area contributed by atoms with Crippen molar-refractivity contribution in [1.29, 1.82) is 0 Å². The summed E-state index contributed by atoms with van der Waals surface area (Å²) in [7, 11) is 0. The van der Waals surface area contributed by atoms with Crippen LogP contribution in [0.4, 0.5) is 0 Å². The Morgan fingerprint density at radius 3 is 2.90 bits per heavy atom. The van der Waals surface area contributed by atoms with Gasteiger partial charge in [0.15, 0.2) is 0 Å². The standard InChI is InChI=1S/C15H12ClN3O/c1-10-12(8-16)9-18-15(19-10)20-13-5-4-11-3-2-6-17-14(11)7-13/h2-7,9H,8H2,1H3. The molecular formula is C15H12ClN3O. The Hall–Kier alpha value is -2.20. The lowest BCUT2D eigenvalue weighted by Crippen LogP contribution is -1.97. The Bertz CT molecular complexity index is 761. The lowest BCUT2D eigenvalue weighted by molar-refractivity contribution is 0.440. The summed E-state index contributed by atoms with van der Waals surface area (Å²) in [4.78, 5) is 12.7. The zero-order chi connectivity index (χ0) is 13.9. The molecule has 0 atom stereocenters. The number of hydrogen-bond donors (Lipinski definition) is 0. The minimum atomic E-state index is 0.312. The summed E-state index contributed by atoms with van der Waals surface area (Å²) in [5.41, 5.74) is 2.60. The Morgan fingerprint density at radius 1 is 1.20 bits per heavy atom. The van der Waals surface area contributed by atoms with Gasteiger partial charge in [0.1, 0.15) is 5.75 Å². The first-order valence-electron chi connectivity index (χ1n) is 6.17. The van der Waals surface area contributed by atoms with E-state index < -0.39 is 0 Å². The maximum Gasteiger partial charge on any atom is 0.322 e. The molecule has 0 N–H and O–H groups in total. The predicted octanol–water partition coefficient (Wildman–Crippen LogP) is 3.86. The van der Waals surface area contributed by atoms with Crippen LogP contribution in [0.15, 0.2) is 42.7 Å². The molecular weight excluding hydrogens is 274 g/mol. The molecule has 0 saturated heterocycles. The van der Waals surface area contributed by atoms with Crippen LogP contribution in [0.25, 0.3) is 10.9 Å². The smallest absolute Gasteiger partial charge is 0.322 e. The van der Waals surface area contributed by atoms with Crippen molar-refractivity contribution in [2.24, 2.45) is 0 Å². The largest absolute Gasteiger partial charge is 0.424 e. The van der Waals surface area contributed by atoms with E-state index in [-0.39, 0.29) is 0 Å². The van der Waals surface area contributed by atoms with Gasteiger partial charge in [-0.25, -0.2) is 4.98 Å². The van der Waals surface area contributed by atoms with Crippen LogP contribution in [0.5, 0.6) is 11.8 Å². The first-order valence-corrected chi connectivity index (χ1v) is 6.71. The zero-order valence-corrected chi connectivity index (χ0v) is 11.6. The SMILES string of the molecule is Cc1nc(Oc2ccc3cccnc3c2)ncc1CCl. The summed E-state index contributed by atoms with van der Waals surface area (Å²) in [6, 6.07) is 9.91. The Balaban J connectivity index is 1.90. The normalized spacial score (nSPS) is 10.7. The van der Waals surface area contributed by atoms with E-state index in [1.54, 1.807) is 12.4 Å². The third-order valence-corrected chi connectivity index (χ3v) is 3.28. The van der Waals surface area contributed by atoms with Gasteiger partial charge in [-0.15, -0.1) is 11.6 Å². The molecule has 0 unspecified atom stereocenters. The van der Waals surface area contributed by atoms with Crippen LogP contribution in [0.1, 0.15) is 11.3 Å². The van der Waals surface area contributed by atoms with Gasteiger partial charge in [-0.05, 0) is 25.1 Å². The van der Waals surface area contributed by atoms with Crippen molar-refractivity contribution in [2.75, 3.05) is 0 Å². The van der Waals surface area contributed by atoms with Crippen molar-refractivity contribution in [3.05, 3.63) is 54.0 Å². The van der Waals surface area contributed by atoms with Gasteiger partial charge in [-0.1, -0.05) is 6.07 Å². The highest BCUT2D eigenvalue weighted by Gasteiger charge is 2.05. The van der Waals surface area contributed by atoms with Crippen LogP contribution in [0, 0.1) is 6.92 Å². The zero-order valence-electron chi connectivity index (χ0n) is 10.9. The van der Waals surface area contributed by atoms with Crippen molar-refractivity contribution in [1.82, 2.24) is 15.0 Å². The summed E-state index contributed by atoms with van der Waals surface area (Å²) >= 11 is 5.78. The number of hydrogen-bond acceptors (Lipinski definition) is 4. The first kappa shape index (κ1) is 12.8. The second kappa shape index (κ2) is 5.43. The fraction of sp³-hybridized carbons (Fsp3) is 0.133. The quantitative estimate of drug-likeness (QED) is 0.686. The van der Waals surface area contributed by atoms with Gasteiger partial charge in [0, 0.05) is 35.1 Å². The minimum absolute atomic E-state index is 0.312. The topological polar surface area (TPSA) is 47.9 Å². The lowest BCUT2D eigenvalue weighted by Gasteiger charge is -2.06. The molecule has 5 heteroatoms. The molecule has 3 rings (SSSR count). The van der Waals surface area contributed by atoms with E-state index in [0.717, 1.165) is 22.2 Å². The van der Waals surface area contributed by atoms with Crippen LogP contribution in [-0.2, 0) is 5.88 Å². The van der Waals surface area contributed by atoms with Crippen LogP contribution in [0.3, 0.4) is 0 Å². The van der Waals surface area contributed by atoms with E-state index in [1.165, 1.54) is 0 Å². The molecule has 4 nitrogen and oxygen atoms in total. The number of benzene rings is 1. The number of pyridine rings is 1. The average molecular weight is 286 g/mol. The van der Waals surface area contributed by atoms with E-state index in [4.69, 9.17) is 16.3 Å². The summed E-state index contributed by atoms with van der Waals surface area (Å²) < 4.78 is 5.66. The van der Waals surface area contributed by atoms with E-state index in [9.17, 15) is 0 Å². The van der Waals surface area contributed by atoms with E-state index in [1.807, 2.05) is 37.3 Å². The molecule has 0 aliphatic rings. The monoisotopic (exact) mass is 285 g/mol. The molecule has 0 spiro atoms. The molecule has 0 saturated carbocycles. The summed E-state index contributed by atoms with van der Waals surface area (Å²) in [5.74, 6) is 1.06. The third-order valence-electron chi connectivity index (χ3n) is 2.99. The highest BCUT2D eigenvalue weighted by molar-refractivity contribution is 6.17. The molecule has 20 heavy (non-hydrogen) atoms. The number of fused-ring (bicyclic) bond motifs is 1. The number of nitrogens with zero attached hydrogens (tertiary/aromatic N) is 3. The maximum atomic E-state index is 5.78. The molecule has 2 aromatic heterocycles. The molecule has 100 valence electrons. The van der Waals surface area contributed by atoms with Crippen LogP contribution in [0.2, 0.25) is 0 Å². The van der Waals surface area contributed by atoms with Crippen LogP contribution < -0.4 is 4.74 Å². The number of aryl methyl sites for hydroxylation is 1. The fourth-order valence-electron chi connectivity index (χ4n) is 1.87. The van der Waals surface area contributed by atoms with E-state index >= 15 is 0 Å². The van der Waals surface area contributed by atoms with Crippen molar-refractivity contribution in [3.8, 4) is 11.8 Å². The van der Waals surface area contributed by atoms with E-state index in [2.05, 4.69) is 15.0 Å².